The number of rotatable bonds is 3. The fourth-order valence-electron chi connectivity index (χ4n) is 4.39. The molecule has 2 aromatic heterocycles. The number of para-hydroxylation sites is 2. The van der Waals surface area contributed by atoms with Crippen LogP contribution in [0.15, 0.2) is 24.3 Å². The lowest BCUT2D eigenvalue weighted by molar-refractivity contribution is 0.00763. The van der Waals surface area contributed by atoms with Crippen molar-refractivity contribution in [2.24, 2.45) is 5.41 Å². The number of imidazole rings is 1. The molecule has 1 amide bonds. The zero-order chi connectivity index (χ0) is 22.0. The molecular weight excluding hydrogens is 410 g/mol. The minimum Gasteiger partial charge on any atom is -0.465 e. The number of carboxylic acid groups (broad SMARTS) is 1. The van der Waals surface area contributed by atoms with E-state index in [9.17, 15) is 9.90 Å². The van der Waals surface area contributed by atoms with Gasteiger partial charge in [-0.2, -0.15) is 0 Å². The molecule has 2 fully saturated rings. The van der Waals surface area contributed by atoms with Crippen LogP contribution in [0.2, 0.25) is 0 Å². The van der Waals surface area contributed by atoms with Gasteiger partial charge in [-0.25, -0.2) is 14.8 Å². The zero-order valence-corrected chi connectivity index (χ0v) is 19.3. The molecule has 2 N–H and O–H groups in total. The van der Waals surface area contributed by atoms with E-state index in [4.69, 9.17) is 9.97 Å². The van der Waals surface area contributed by atoms with Gasteiger partial charge in [0.05, 0.1) is 21.6 Å². The molecular formula is C23H29N5O2S. The van der Waals surface area contributed by atoms with Crippen molar-refractivity contribution in [2.75, 3.05) is 24.5 Å². The molecule has 3 aromatic rings. The number of aromatic amines is 1. The first-order valence-corrected chi connectivity index (χ1v) is 11.7. The van der Waals surface area contributed by atoms with E-state index in [1.165, 1.54) is 17.8 Å². The van der Waals surface area contributed by atoms with Crippen molar-refractivity contribution in [1.82, 2.24) is 19.9 Å². The molecule has 1 aliphatic carbocycles. The number of thiazole rings is 1. The molecule has 1 aromatic carbocycles. The van der Waals surface area contributed by atoms with E-state index < -0.39 is 11.6 Å². The smallest absolute Gasteiger partial charge is 0.407 e. The number of benzene rings is 1. The second kappa shape index (κ2) is 6.95. The number of fused-ring (bicyclic) bond motifs is 1. The largest absolute Gasteiger partial charge is 0.465 e. The van der Waals surface area contributed by atoms with Crippen LogP contribution >= 0.6 is 11.3 Å². The Bertz CT molecular complexity index is 1110. The van der Waals surface area contributed by atoms with Gasteiger partial charge < -0.3 is 15.0 Å². The fourth-order valence-corrected chi connectivity index (χ4v) is 5.65. The maximum absolute atomic E-state index is 12.0. The molecule has 0 spiro atoms. The van der Waals surface area contributed by atoms with E-state index in [1.54, 1.807) is 16.2 Å². The molecule has 0 radical (unpaired) electrons. The Morgan fingerprint density at radius 2 is 1.97 bits per heavy atom. The third kappa shape index (κ3) is 3.37. The highest BCUT2D eigenvalue weighted by molar-refractivity contribution is 7.16. The average Bonchev–Trinajstić information content (AvgIpc) is 3.31. The Balaban J connectivity index is 1.57. The number of nitrogens with one attached hydrogen (secondary N) is 1. The highest BCUT2D eigenvalue weighted by Crippen LogP contribution is 2.48. The number of anilines is 1. The second-order valence-electron chi connectivity index (χ2n) is 9.96. The predicted molar refractivity (Wildman–Crippen MR) is 124 cm³/mol. The van der Waals surface area contributed by atoms with Crippen LogP contribution in [0.3, 0.4) is 0 Å². The Kier molecular flexibility index (Phi) is 4.55. The van der Waals surface area contributed by atoms with Crippen molar-refractivity contribution in [3.8, 4) is 11.5 Å². The molecule has 1 saturated carbocycles. The molecule has 1 saturated heterocycles. The van der Waals surface area contributed by atoms with E-state index in [2.05, 4.69) is 37.6 Å². The van der Waals surface area contributed by atoms with Crippen LogP contribution in [-0.4, -0.2) is 56.2 Å². The van der Waals surface area contributed by atoms with Crippen molar-refractivity contribution in [2.45, 2.75) is 52.0 Å². The second-order valence-corrected chi connectivity index (χ2v) is 11.0. The molecule has 1 aliphatic heterocycles. The highest BCUT2D eigenvalue weighted by Gasteiger charge is 2.49. The summed E-state index contributed by atoms with van der Waals surface area (Å²) in [6.07, 6.45) is 1.54. The van der Waals surface area contributed by atoms with Gasteiger partial charge in [-0.15, -0.1) is 11.3 Å². The van der Waals surface area contributed by atoms with Gasteiger partial charge >= 0.3 is 6.09 Å². The fraction of sp³-hybridized carbons (Fsp3) is 0.522. The summed E-state index contributed by atoms with van der Waals surface area (Å²) in [5.41, 5.74) is 2.09. The Labute approximate surface area is 186 Å². The lowest BCUT2D eigenvalue weighted by Crippen LogP contribution is -2.67. The minimum absolute atomic E-state index is 0.215. The summed E-state index contributed by atoms with van der Waals surface area (Å²) < 4.78 is 0. The van der Waals surface area contributed by atoms with Crippen LogP contribution in [0.1, 0.15) is 51.5 Å². The summed E-state index contributed by atoms with van der Waals surface area (Å²) in [5.74, 6) is 1.34. The van der Waals surface area contributed by atoms with E-state index in [-0.39, 0.29) is 5.41 Å². The molecule has 0 bridgehead atoms. The summed E-state index contributed by atoms with van der Waals surface area (Å²) in [4.78, 5) is 29.3. The summed E-state index contributed by atoms with van der Waals surface area (Å²) in [7, 11) is 0. The average molecular weight is 440 g/mol. The van der Waals surface area contributed by atoms with E-state index in [0.29, 0.717) is 25.6 Å². The lowest BCUT2D eigenvalue weighted by Gasteiger charge is -2.54. The number of carbonyl (C=O) groups is 1. The molecule has 5 rings (SSSR count). The van der Waals surface area contributed by atoms with Crippen LogP contribution < -0.4 is 4.90 Å². The summed E-state index contributed by atoms with van der Waals surface area (Å²) in [6.45, 7) is 10.2. The maximum atomic E-state index is 12.0. The van der Waals surface area contributed by atoms with Gasteiger partial charge in [0, 0.05) is 25.6 Å². The van der Waals surface area contributed by atoms with Gasteiger partial charge in [-0.3, -0.25) is 4.90 Å². The maximum Gasteiger partial charge on any atom is 0.407 e. The monoisotopic (exact) mass is 439 g/mol. The van der Waals surface area contributed by atoms with E-state index in [0.717, 1.165) is 27.6 Å². The van der Waals surface area contributed by atoms with Crippen LogP contribution in [0.25, 0.3) is 22.6 Å². The molecule has 7 nitrogen and oxygen atoms in total. The van der Waals surface area contributed by atoms with Crippen molar-refractivity contribution in [3.63, 3.8) is 0 Å². The third-order valence-electron chi connectivity index (χ3n) is 6.99. The van der Waals surface area contributed by atoms with Gasteiger partial charge in [0.1, 0.15) is 10.7 Å². The Morgan fingerprint density at radius 1 is 1.23 bits per heavy atom. The van der Waals surface area contributed by atoms with Crippen molar-refractivity contribution >= 4 is 33.5 Å². The van der Waals surface area contributed by atoms with Crippen LogP contribution in [-0.2, 0) is 0 Å². The van der Waals surface area contributed by atoms with Crippen molar-refractivity contribution in [1.29, 1.82) is 0 Å². The zero-order valence-electron chi connectivity index (χ0n) is 18.5. The molecule has 31 heavy (non-hydrogen) atoms. The molecule has 164 valence electrons. The van der Waals surface area contributed by atoms with Crippen LogP contribution in [0.4, 0.5) is 9.80 Å². The normalized spacial score (nSPS) is 22.3. The van der Waals surface area contributed by atoms with Gasteiger partial charge in [0.25, 0.3) is 0 Å². The highest BCUT2D eigenvalue weighted by atomic mass is 32.1. The van der Waals surface area contributed by atoms with Gasteiger partial charge in [0.15, 0.2) is 5.82 Å². The van der Waals surface area contributed by atoms with Crippen molar-refractivity contribution in [3.05, 3.63) is 29.3 Å². The SMILES string of the molecule is CC(C)(C)[C@]1(C)CN(c2sc(C3CC3)nc2-c2nc3ccccc3[nH]2)CCN1C(=O)O. The topological polar surface area (TPSA) is 85.4 Å². The quantitative estimate of drug-likeness (QED) is 0.588. The number of aromatic nitrogens is 3. The third-order valence-corrected chi connectivity index (χ3v) is 8.27. The van der Waals surface area contributed by atoms with Gasteiger partial charge in [0.2, 0.25) is 0 Å². The molecule has 1 atom stereocenters. The van der Waals surface area contributed by atoms with E-state index in [1.807, 2.05) is 24.3 Å². The summed E-state index contributed by atoms with van der Waals surface area (Å²) >= 11 is 1.75. The standard InChI is InChI=1S/C23H29N5O2S/c1-22(2,3)23(4)13-27(11-12-28(23)21(29)30)20-17(26-19(31-20)14-9-10-14)18-24-15-7-5-6-8-16(15)25-18/h5-8,14H,9-13H2,1-4H3,(H,24,25)(H,29,30)/t23-/m0/s1. The summed E-state index contributed by atoms with van der Waals surface area (Å²) in [6, 6.07) is 8.03. The van der Waals surface area contributed by atoms with Gasteiger partial charge in [-0.1, -0.05) is 32.9 Å². The molecule has 2 aliphatic rings. The first kappa shape index (κ1) is 20.3. The number of amides is 1. The number of piperazine rings is 1. The minimum atomic E-state index is -0.849. The first-order chi connectivity index (χ1) is 14.7. The lowest BCUT2D eigenvalue weighted by atomic mass is 9.72. The number of H-pyrrole nitrogens is 1. The molecule has 8 heteroatoms. The Hall–Kier alpha value is -2.61. The Morgan fingerprint density at radius 3 is 2.61 bits per heavy atom. The number of hydrogen-bond donors (Lipinski definition) is 2. The first-order valence-electron chi connectivity index (χ1n) is 10.9. The van der Waals surface area contributed by atoms with Gasteiger partial charge in [-0.05, 0) is 37.3 Å². The summed E-state index contributed by atoms with van der Waals surface area (Å²) in [5, 5.41) is 12.1. The predicted octanol–water partition coefficient (Wildman–Crippen LogP) is 5.17. The number of hydrogen-bond acceptors (Lipinski definition) is 5. The number of nitrogens with zero attached hydrogens (tertiary/aromatic N) is 4. The van der Waals surface area contributed by atoms with Crippen molar-refractivity contribution < 1.29 is 9.90 Å². The van der Waals surface area contributed by atoms with E-state index >= 15 is 0 Å². The van der Waals surface area contributed by atoms with Crippen LogP contribution in [0, 0.1) is 5.41 Å². The molecule has 3 heterocycles. The van der Waals surface area contributed by atoms with Crippen LogP contribution in [0.5, 0.6) is 0 Å². The molecule has 0 unspecified atom stereocenters.